The Morgan fingerprint density at radius 3 is 2.65 bits per heavy atom. The Balaban J connectivity index is 2.29. The maximum absolute atomic E-state index is 10.6. The van der Waals surface area contributed by atoms with Crippen LogP contribution in [0.5, 0.6) is 5.88 Å². The Hall–Kier alpha value is -2.50. The molecule has 1 aromatic carbocycles. The minimum absolute atomic E-state index is 0.111. The Kier molecular flexibility index (Phi) is 2.95. The van der Waals surface area contributed by atoms with Crippen molar-refractivity contribution in [2.45, 2.75) is 0 Å². The zero-order valence-corrected chi connectivity index (χ0v) is 9.14. The maximum atomic E-state index is 10.6. The second-order valence-corrected chi connectivity index (χ2v) is 3.35. The lowest BCUT2D eigenvalue weighted by Crippen LogP contribution is -1.91. The van der Waals surface area contributed by atoms with Gasteiger partial charge in [0.25, 0.3) is 0 Å². The fourth-order valence-electron chi connectivity index (χ4n) is 1.45. The number of benzene rings is 1. The standard InChI is InChI=1S/C11H11N3O3/c1-17-11-9(7-10(13-11)14(15)16)12-8-5-3-2-4-6-8/h2-7,12-13H,1H3. The number of aromatic nitrogens is 1. The zero-order valence-electron chi connectivity index (χ0n) is 9.14. The van der Waals surface area contributed by atoms with E-state index in [1.807, 2.05) is 30.3 Å². The van der Waals surface area contributed by atoms with E-state index in [1.165, 1.54) is 13.2 Å². The van der Waals surface area contributed by atoms with Crippen LogP contribution in [0, 0.1) is 10.1 Å². The van der Waals surface area contributed by atoms with E-state index in [1.54, 1.807) is 0 Å². The topological polar surface area (TPSA) is 80.2 Å². The van der Waals surface area contributed by atoms with E-state index in [9.17, 15) is 10.1 Å². The van der Waals surface area contributed by atoms with Gasteiger partial charge >= 0.3 is 11.7 Å². The smallest absolute Gasteiger partial charge is 0.326 e. The molecule has 17 heavy (non-hydrogen) atoms. The van der Waals surface area contributed by atoms with Crippen LogP contribution in [0.4, 0.5) is 17.2 Å². The third-order valence-electron chi connectivity index (χ3n) is 2.22. The molecule has 0 aliphatic rings. The van der Waals surface area contributed by atoms with Gasteiger partial charge in [0.1, 0.15) is 5.69 Å². The highest BCUT2D eigenvalue weighted by Crippen LogP contribution is 2.31. The molecule has 0 saturated heterocycles. The number of nitrogens with one attached hydrogen (secondary N) is 2. The molecule has 0 fully saturated rings. The van der Waals surface area contributed by atoms with Crippen LogP contribution in [-0.2, 0) is 0 Å². The van der Waals surface area contributed by atoms with Crippen LogP contribution in [0.3, 0.4) is 0 Å². The van der Waals surface area contributed by atoms with Crippen molar-refractivity contribution in [3.05, 3.63) is 46.5 Å². The molecule has 1 aromatic heterocycles. The molecule has 0 saturated carbocycles. The van der Waals surface area contributed by atoms with Crippen molar-refractivity contribution in [1.29, 1.82) is 0 Å². The molecule has 6 nitrogen and oxygen atoms in total. The van der Waals surface area contributed by atoms with Gasteiger partial charge in [0.2, 0.25) is 0 Å². The average molecular weight is 233 g/mol. The number of para-hydroxylation sites is 1. The minimum atomic E-state index is -0.501. The molecule has 88 valence electrons. The number of aromatic amines is 1. The van der Waals surface area contributed by atoms with Gasteiger partial charge in [-0.15, -0.1) is 0 Å². The first kappa shape index (κ1) is 11.0. The summed E-state index contributed by atoms with van der Waals surface area (Å²) in [7, 11) is 1.45. The normalized spacial score (nSPS) is 9.94. The number of nitro groups is 1. The summed E-state index contributed by atoms with van der Waals surface area (Å²) in [6, 6.07) is 10.7. The number of methoxy groups -OCH3 is 1. The molecule has 0 spiro atoms. The highest BCUT2D eigenvalue weighted by atomic mass is 16.6. The van der Waals surface area contributed by atoms with Gasteiger partial charge in [-0.05, 0) is 17.1 Å². The number of rotatable bonds is 4. The average Bonchev–Trinajstić information content (AvgIpc) is 2.74. The van der Waals surface area contributed by atoms with E-state index in [4.69, 9.17) is 4.74 Å². The Bertz CT molecular complexity index is 522. The van der Waals surface area contributed by atoms with Crippen LogP contribution < -0.4 is 10.1 Å². The molecule has 0 aliphatic carbocycles. The molecule has 2 rings (SSSR count). The van der Waals surface area contributed by atoms with Gasteiger partial charge in [0, 0.05) is 5.69 Å². The lowest BCUT2D eigenvalue weighted by molar-refractivity contribution is -0.389. The fraction of sp³-hybridized carbons (Fsp3) is 0.0909. The van der Waals surface area contributed by atoms with Crippen LogP contribution >= 0.6 is 0 Å². The molecule has 0 radical (unpaired) electrons. The van der Waals surface area contributed by atoms with E-state index in [-0.39, 0.29) is 5.82 Å². The summed E-state index contributed by atoms with van der Waals surface area (Å²) in [4.78, 5) is 12.7. The second-order valence-electron chi connectivity index (χ2n) is 3.35. The van der Waals surface area contributed by atoms with E-state index >= 15 is 0 Å². The Labute approximate surface area is 97.4 Å². The van der Waals surface area contributed by atoms with Crippen LogP contribution in [0.25, 0.3) is 0 Å². The number of ether oxygens (including phenoxy) is 1. The summed E-state index contributed by atoms with van der Waals surface area (Å²) in [6.45, 7) is 0. The molecule has 0 atom stereocenters. The molecule has 0 aliphatic heterocycles. The van der Waals surface area contributed by atoms with E-state index in [0.717, 1.165) is 5.69 Å². The van der Waals surface area contributed by atoms with Crippen molar-refractivity contribution in [3.63, 3.8) is 0 Å². The summed E-state index contributed by atoms with van der Waals surface area (Å²) >= 11 is 0. The monoisotopic (exact) mass is 233 g/mol. The van der Waals surface area contributed by atoms with Gasteiger partial charge < -0.3 is 20.2 Å². The molecule has 1 heterocycles. The Morgan fingerprint density at radius 1 is 1.35 bits per heavy atom. The van der Waals surface area contributed by atoms with Gasteiger partial charge in [0.15, 0.2) is 0 Å². The van der Waals surface area contributed by atoms with Crippen molar-refractivity contribution in [1.82, 2.24) is 4.98 Å². The molecule has 2 aromatic rings. The van der Waals surface area contributed by atoms with Gasteiger partial charge in [0.05, 0.1) is 13.2 Å². The molecule has 0 bridgehead atoms. The summed E-state index contributed by atoms with van der Waals surface area (Å²) in [5.74, 6) is 0.223. The van der Waals surface area contributed by atoms with Crippen LogP contribution in [0.2, 0.25) is 0 Å². The number of hydrogen-bond donors (Lipinski definition) is 2. The lowest BCUT2D eigenvalue weighted by atomic mass is 10.3. The second kappa shape index (κ2) is 4.56. The van der Waals surface area contributed by atoms with Crippen LogP contribution in [-0.4, -0.2) is 17.0 Å². The summed E-state index contributed by atoms with van der Waals surface area (Å²) < 4.78 is 5.03. The predicted molar refractivity (Wildman–Crippen MR) is 63.7 cm³/mol. The zero-order chi connectivity index (χ0) is 12.3. The highest BCUT2D eigenvalue weighted by molar-refractivity contribution is 5.67. The van der Waals surface area contributed by atoms with Crippen molar-refractivity contribution in [3.8, 4) is 5.88 Å². The molecular weight excluding hydrogens is 222 g/mol. The first-order chi connectivity index (χ1) is 8.20. The van der Waals surface area contributed by atoms with Gasteiger partial charge in [-0.25, -0.2) is 4.98 Å². The van der Waals surface area contributed by atoms with Crippen molar-refractivity contribution in [2.75, 3.05) is 12.4 Å². The summed E-state index contributed by atoms with van der Waals surface area (Å²) in [6.07, 6.45) is 0. The van der Waals surface area contributed by atoms with E-state index in [0.29, 0.717) is 11.6 Å². The van der Waals surface area contributed by atoms with Gasteiger partial charge in [-0.1, -0.05) is 18.2 Å². The first-order valence-corrected chi connectivity index (χ1v) is 4.94. The first-order valence-electron chi connectivity index (χ1n) is 4.94. The predicted octanol–water partition coefficient (Wildman–Crippen LogP) is 2.68. The largest absolute Gasteiger partial charge is 0.464 e. The molecule has 0 unspecified atom stereocenters. The molecule has 6 heteroatoms. The van der Waals surface area contributed by atoms with Crippen molar-refractivity contribution >= 4 is 17.2 Å². The maximum Gasteiger partial charge on any atom is 0.326 e. The van der Waals surface area contributed by atoms with Crippen molar-refractivity contribution < 1.29 is 9.66 Å². The van der Waals surface area contributed by atoms with Gasteiger partial charge in [-0.3, -0.25) is 0 Å². The van der Waals surface area contributed by atoms with Crippen LogP contribution in [0.1, 0.15) is 0 Å². The molecule has 2 N–H and O–H groups in total. The van der Waals surface area contributed by atoms with Crippen LogP contribution in [0.15, 0.2) is 36.4 Å². The summed E-state index contributed by atoms with van der Waals surface area (Å²) in [5.41, 5.74) is 1.37. The van der Waals surface area contributed by atoms with E-state index < -0.39 is 4.92 Å². The molecule has 0 amide bonds. The number of anilines is 2. The minimum Gasteiger partial charge on any atom is -0.464 e. The molecular formula is C11H11N3O3. The quantitative estimate of drug-likeness (QED) is 0.628. The highest BCUT2D eigenvalue weighted by Gasteiger charge is 2.16. The Morgan fingerprint density at radius 2 is 2.06 bits per heavy atom. The number of nitrogens with zero attached hydrogens (tertiary/aromatic N) is 1. The summed E-state index contributed by atoms with van der Waals surface area (Å²) in [5, 5.41) is 13.7. The third kappa shape index (κ3) is 2.36. The van der Waals surface area contributed by atoms with Crippen molar-refractivity contribution in [2.24, 2.45) is 0 Å². The lowest BCUT2D eigenvalue weighted by Gasteiger charge is -2.03. The van der Waals surface area contributed by atoms with Gasteiger partial charge in [-0.2, -0.15) is 0 Å². The SMILES string of the molecule is COc1[nH]c([N+](=O)[O-])cc1Nc1ccccc1. The van der Waals surface area contributed by atoms with E-state index in [2.05, 4.69) is 10.3 Å². The third-order valence-corrected chi connectivity index (χ3v) is 2.22. The fourth-order valence-corrected chi connectivity index (χ4v) is 1.45. The number of H-pyrrole nitrogens is 1. The number of hydrogen-bond acceptors (Lipinski definition) is 4.